The van der Waals surface area contributed by atoms with Crippen LogP contribution in [0.25, 0.3) is 0 Å². The fourth-order valence-corrected chi connectivity index (χ4v) is 3.38. The molecule has 0 aliphatic carbocycles. The Morgan fingerprint density at radius 3 is 2.78 bits per heavy atom. The first-order valence-electron chi connectivity index (χ1n) is 6.88. The molecule has 2 atom stereocenters. The van der Waals surface area contributed by atoms with E-state index in [-0.39, 0.29) is 11.9 Å². The lowest BCUT2D eigenvalue weighted by Gasteiger charge is -2.17. The Morgan fingerprint density at radius 1 is 1.33 bits per heavy atom. The van der Waals surface area contributed by atoms with Crippen LogP contribution in [0.1, 0.15) is 33.1 Å². The molecule has 0 amide bonds. The van der Waals surface area contributed by atoms with Crippen LogP contribution in [0.15, 0.2) is 0 Å². The highest BCUT2D eigenvalue weighted by Gasteiger charge is 2.27. The highest BCUT2D eigenvalue weighted by molar-refractivity contribution is 7.89. The molecule has 18 heavy (non-hydrogen) atoms. The molecule has 0 aromatic rings. The topological polar surface area (TPSA) is 67.4 Å². The van der Waals surface area contributed by atoms with Crippen molar-refractivity contribution in [2.45, 2.75) is 39.2 Å². The van der Waals surface area contributed by atoms with Crippen molar-refractivity contribution < 1.29 is 13.2 Å². The van der Waals surface area contributed by atoms with Crippen LogP contribution in [0, 0.1) is 5.92 Å². The molecule has 2 N–H and O–H groups in total. The predicted molar refractivity (Wildman–Crippen MR) is 73.1 cm³/mol. The van der Waals surface area contributed by atoms with Crippen LogP contribution >= 0.6 is 0 Å². The first-order valence-corrected chi connectivity index (χ1v) is 8.54. The van der Waals surface area contributed by atoms with E-state index in [1.54, 1.807) is 0 Å². The summed E-state index contributed by atoms with van der Waals surface area (Å²) in [5, 5.41) is 3.12. The number of sulfonamides is 1. The minimum Gasteiger partial charge on any atom is -0.378 e. The number of ether oxygens (including phenoxy) is 1. The molecule has 0 aromatic heterocycles. The third-order valence-corrected chi connectivity index (χ3v) is 4.76. The molecule has 1 rings (SSSR count). The Morgan fingerprint density at radius 2 is 2.11 bits per heavy atom. The summed E-state index contributed by atoms with van der Waals surface area (Å²) >= 11 is 0. The molecule has 6 heteroatoms. The molecule has 1 saturated heterocycles. The van der Waals surface area contributed by atoms with Crippen LogP contribution < -0.4 is 10.0 Å². The van der Waals surface area contributed by atoms with Crippen LogP contribution in [-0.4, -0.2) is 46.5 Å². The number of nitrogens with one attached hydrogen (secondary N) is 2. The Bertz CT molecular complexity index is 319. The average Bonchev–Trinajstić information content (AvgIpc) is 2.80. The Hall–Kier alpha value is -0.170. The van der Waals surface area contributed by atoms with E-state index >= 15 is 0 Å². The van der Waals surface area contributed by atoms with Crippen molar-refractivity contribution in [1.82, 2.24) is 10.0 Å². The van der Waals surface area contributed by atoms with E-state index in [0.29, 0.717) is 18.9 Å². The molecule has 0 aromatic carbocycles. The average molecular weight is 278 g/mol. The Kier molecular flexibility index (Phi) is 7.14. The van der Waals surface area contributed by atoms with Crippen molar-refractivity contribution in [3.63, 3.8) is 0 Å². The van der Waals surface area contributed by atoms with Crippen LogP contribution in [0.4, 0.5) is 0 Å². The van der Waals surface area contributed by atoms with Crippen LogP contribution in [0.5, 0.6) is 0 Å². The Labute approximate surface area is 111 Å². The van der Waals surface area contributed by atoms with Gasteiger partial charge in [-0.3, -0.25) is 0 Å². The van der Waals surface area contributed by atoms with Crippen molar-refractivity contribution in [3.8, 4) is 0 Å². The van der Waals surface area contributed by atoms with Gasteiger partial charge in [0, 0.05) is 19.1 Å². The second-order valence-electron chi connectivity index (χ2n) is 4.74. The molecule has 0 radical (unpaired) electrons. The third kappa shape index (κ3) is 5.65. The predicted octanol–water partition coefficient (Wildman–Crippen LogP) is 0.721. The van der Waals surface area contributed by atoms with Gasteiger partial charge in [-0.15, -0.1) is 0 Å². The van der Waals surface area contributed by atoms with Crippen LogP contribution in [-0.2, 0) is 14.8 Å². The van der Waals surface area contributed by atoms with Crippen molar-refractivity contribution in [2.24, 2.45) is 5.92 Å². The largest absolute Gasteiger partial charge is 0.378 e. The summed E-state index contributed by atoms with van der Waals surface area (Å²) < 4.78 is 31.8. The van der Waals surface area contributed by atoms with E-state index in [1.807, 2.05) is 6.92 Å². The fraction of sp³-hybridized carbons (Fsp3) is 1.00. The maximum atomic E-state index is 11.8. The number of hydrogen-bond donors (Lipinski definition) is 2. The van der Waals surface area contributed by atoms with Crippen molar-refractivity contribution >= 4 is 10.0 Å². The number of rotatable bonds is 9. The maximum Gasteiger partial charge on any atom is 0.211 e. The van der Waals surface area contributed by atoms with E-state index < -0.39 is 10.0 Å². The van der Waals surface area contributed by atoms with E-state index in [4.69, 9.17) is 4.74 Å². The van der Waals surface area contributed by atoms with Crippen LogP contribution in [0.2, 0.25) is 0 Å². The van der Waals surface area contributed by atoms with Gasteiger partial charge in [0.1, 0.15) is 0 Å². The summed E-state index contributed by atoms with van der Waals surface area (Å²) in [5.41, 5.74) is 0. The molecule has 5 nitrogen and oxygen atoms in total. The smallest absolute Gasteiger partial charge is 0.211 e. The molecule has 2 unspecified atom stereocenters. The van der Waals surface area contributed by atoms with Crippen molar-refractivity contribution in [2.75, 3.05) is 32.0 Å². The number of hydrogen-bond acceptors (Lipinski definition) is 4. The highest BCUT2D eigenvalue weighted by atomic mass is 32.2. The normalized spacial score (nSPS) is 24.6. The van der Waals surface area contributed by atoms with Crippen LogP contribution in [0.3, 0.4) is 0 Å². The zero-order chi connectivity index (χ0) is 13.4. The van der Waals surface area contributed by atoms with Gasteiger partial charge in [0.2, 0.25) is 10.0 Å². The molecule has 0 spiro atoms. The molecule has 0 saturated carbocycles. The molecule has 108 valence electrons. The zero-order valence-electron chi connectivity index (χ0n) is 11.4. The van der Waals surface area contributed by atoms with Gasteiger partial charge in [0.15, 0.2) is 0 Å². The van der Waals surface area contributed by atoms with E-state index in [1.165, 1.54) is 0 Å². The Balaban J connectivity index is 2.24. The molecule has 0 bridgehead atoms. The second kappa shape index (κ2) is 8.09. The standard InChI is InChI=1S/C12H26N2O3S/c1-3-12-11(6-8-17-12)10-14-18(15,16)9-5-7-13-4-2/h11-14H,3-10H2,1-2H3. The van der Waals surface area contributed by atoms with Gasteiger partial charge in [0.05, 0.1) is 11.9 Å². The van der Waals surface area contributed by atoms with Gasteiger partial charge >= 0.3 is 0 Å². The summed E-state index contributed by atoms with van der Waals surface area (Å²) in [6.45, 7) is 6.99. The third-order valence-electron chi connectivity index (χ3n) is 3.33. The van der Waals surface area contributed by atoms with E-state index in [9.17, 15) is 8.42 Å². The van der Waals surface area contributed by atoms with Crippen molar-refractivity contribution in [1.29, 1.82) is 0 Å². The van der Waals surface area contributed by atoms with Gasteiger partial charge in [-0.2, -0.15) is 0 Å². The van der Waals surface area contributed by atoms with Gasteiger partial charge in [-0.05, 0) is 32.4 Å². The molecule has 1 aliphatic heterocycles. The van der Waals surface area contributed by atoms with Gasteiger partial charge < -0.3 is 10.1 Å². The lowest BCUT2D eigenvalue weighted by atomic mass is 10.0. The van der Waals surface area contributed by atoms with Gasteiger partial charge in [-0.1, -0.05) is 13.8 Å². The summed E-state index contributed by atoms with van der Waals surface area (Å²) in [7, 11) is -3.13. The monoisotopic (exact) mass is 278 g/mol. The highest BCUT2D eigenvalue weighted by Crippen LogP contribution is 2.22. The summed E-state index contributed by atoms with van der Waals surface area (Å²) in [4.78, 5) is 0. The zero-order valence-corrected chi connectivity index (χ0v) is 12.3. The first kappa shape index (κ1) is 15.9. The van der Waals surface area contributed by atoms with E-state index in [0.717, 1.165) is 32.5 Å². The minimum absolute atomic E-state index is 0.199. The summed E-state index contributed by atoms with van der Waals surface area (Å²) in [6.07, 6.45) is 2.78. The SMILES string of the molecule is CCNCCCS(=O)(=O)NCC1CCOC1CC. The van der Waals surface area contributed by atoms with E-state index in [2.05, 4.69) is 17.0 Å². The molecular weight excluding hydrogens is 252 g/mol. The lowest BCUT2D eigenvalue weighted by molar-refractivity contribution is 0.0884. The van der Waals surface area contributed by atoms with Crippen molar-refractivity contribution in [3.05, 3.63) is 0 Å². The fourth-order valence-electron chi connectivity index (χ4n) is 2.25. The quantitative estimate of drug-likeness (QED) is 0.610. The van der Waals surface area contributed by atoms with Gasteiger partial charge in [0.25, 0.3) is 0 Å². The first-order chi connectivity index (χ1) is 8.59. The maximum absolute atomic E-state index is 11.8. The lowest BCUT2D eigenvalue weighted by Crippen LogP contribution is -2.34. The molecule has 1 fully saturated rings. The summed E-state index contributed by atoms with van der Waals surface area (Å²) in [6, 6.07) is 0. The van der Waals surface area contributed by atoms with Gasteiger partial charge in [-0.25, -0.2) is 13.1 Å². The molecule has 1 heterocycles. The summed E-state index contributed by atoms with van der Waals surface area (Å²) in [5.74, 6) is 0.531. The molecular formula is C12H26N2O3S. The minimum atomic E-state index is -3.13. The second-order valence-corrected chi connectivity index (χ2v) is 6.67. The molecule has 1 aliphatic rings.